The van der Waals surface area contributed by atoms with Crippen molar-refractivity contribution >= 4 is 29.3 Å². The molecule has 1 fully saturated rings. The van der Waals surface area contributed by atoms with Crippen molar-refractivity contribution in [1.29, 1.82) is 0 Å². The zero-order valence-corrected chi connectivity index (χ0v) is 13.7. The standard InChI is InChI=1S/C17H20N3O4/c1-10-6-13-7-14(4-5-16(13)20(10)12(3)22)19-9-15(24-17(19)23)8-18-11(2)21/h4-5,7,10,15H,3,6,8-9H2,1-2H3,(H,18,21)/t10-,15+/m1/s1. The second kappa shape index (κ2) is 6.14. The van der Waals surface area contributed by atoms with Crippen LogP contribution in [0.3, 0.4) is 0 Å². The smallest absolute Gasteiger partial charge is 0.414 e. The maximum atomic E-state index is 12.1. The Bertz CT molecular complexity index is 703. The van der Waals surface area contributed by atoms with Gasteiger partial charge in [0.2, 0.25) is 11.8 Å². The summed E-state index contributed by atoms with van der Waals surface area (Å²) in [5.41, 5.74) is 2.58. The van der Waals surface area contributed by atoms with Crippen LogP contribution in [0.4, 0.5) is 16.2 Å². The summed E-state index contributed by atoms with van der Waals surface area (Å²) in [6, 6.07) is 5.61. The molecule has 0 unspecified atom stereocenters. The maximum absolute atomic E-state index is 12.1. The number of carbonyl (C=O) groups is 3. The van der Waals surface area contributed by atoms with E-state index in [9.17, 15) is 14.4 Å². The lowest BCUT2D eigenvalue weighted by Gasteiger charge is -2.21. The minimum absolute atomic E-state index is 0.0540. The number of nitrogens with one attached hydrogen (secondary N) is 1. The number of anilines is 2. The molecule has 1 radical (unpaired) electrons. The number of benzene rings is 1. The lowest BCUT2D eigenvalue weighted by Crippen LogP contribution is -2.33. The summed E-state index contributed by atoms with van der Waals surface area (Å²) in [4.78, 5) is 38.0. The predicted octanol–water partition coefficient (Wildman–Crippen LogP) is 1.26. The van der Waals surface area contributed by atoms with E-state index in [1.165, 1.54) is 6.92 Å². The molecule has 0 bridgehead atoms. The van der Waals surface area contributed by atoms with E-state index in [1.807, 2.05) is 19.1 Å². The van der Waals surface area contributed by atoms with E-state index in [1.54, 1.807) is 15.9 Å². The molecule has 0 aromatic heterocycles. The first kappa shape index (κ1) is 16.3. The van der Waals surface area contributed by atoms with Crippen molar-refractivity contribution in [3.05, 3.63) is 30.7 Å². The van der Waals surface area contributed by atoms with Crippen LogP contribution < -0.4 is 15.1 Å². The highest BCUT2D eigenvalue weighted by molar-refractivity contribution is 5.99. The number of carbonyl (C=O) groups excluding carboxylic acids is 3. The van der Waals surface area contributed by atoms with Gasteiger partial charge in [0.25, 0.3) is 0 Å². The Morgan fingerprint density at radius 2 is 2.17 bits per heavy atom. The second-order valence-electron chi connectivity index (χ2n) is 6.18. The monoisotopic (exact) mass is 330 g/mol. The highest BCUT2D eigenvalue weighted by Crippen LogP contribution is 2.35. The van der Waals surface area contributed by atoms with Gasteiger partial charge >= 0.3 is 6.09 Å². The first-order valence-corrected chi connectivity index (χ1v) is 7.87. The fourth-order valence-electron chi connectivity index (χ4n) is 3.26. The van der Waals surface area contributed by atoms with Crippen LogP contribution in [0.15, 0.2) is 18.2 Å². The van der Waals surface area contributed by atoms with Crippen molar-refractivity contribution in [3.63, 3.8) is 0 Å². The molecule has 7 heteroatoms. The van der Waals surface area contributed by atoms with E-state index in [4.69, 9.17) is 4.74 Å². The molecule has 3 rings (SSSR count). The Morgan fingerprint density at radius 1 is 1.42 bits per heavy atom. The summed E-state index contributed by atoms with van der Waals surface area (Å²) in [6.07, 6.45) is -0.0734. The molecular formula is C17H20N3O4. The van der Waals surface area contributed by atoms with E-state index >= 15 is 0 Å². The lowest BCUT2D eigenvalue weighted by atomic mass is 10.1. The number of fused-ring (bicyclic) bond motifs is 1. The third-order valence-electron chi connectivity index (χ3n) is 4.31. The topological polar surface area (TPSA) is 79.0 Å². The van der Waals surface area contributed by atoms with Gasteiger partial charge in [-0.25, -0.2) is 4.79 Å². The highest BCUT2D eigenvalue weighted by Gasteiger charge is 2.34. The number of hydrogen-bond acceptors (Lipinski definition) is 4. The number of cyclic esters (lactones) is 1. The molecule has 2 aliphatic heterocycles. The van der Waals surface area contributed by atoms with Crippen LogP contribution in [0, 0.1) is 6.92 Å². The third kappa shape index (κ3) is 2.93. The van der Waals surface area contributed by atoms with Crippen molar-refractivity contribution in [3.8, 4) is 0 Å². The van der Waals surface area contributed by atoms with Gasteiger partial charge in [-0.1, -0.05) is 0 Å². The zero-order valence-electron chi connectivity index (χ0n) is 13.7. The van der Waals surface area contributed by atoms with Crippen molar-refractivity contribution in [2.24, 2.45) is 0 Å². The zero-order chi connectivity index (χ0) is 17.4. The van der Waals surface area contributed by atoms with Crippen molar-refractivity contribution in [2.75, 3.05) is 22.9 Å². The van der Waals surface area contributed by atoms with E-state index in [-0.39, 0.29) is 24.0 Å². The van der Waals surface area contributed by atoms with Gasteiger partial charge in [0.1, 0.15) is 6.10 Å². The van der Waals surface area contributed by atoms with Gasteiger partial charge in [-0.15, -0.1) is 0 Å². The Hall–Kier alpha value is -2.57. The quantitative estimate of drug-likeness (QED) is 0.905. The van der Waals surface area contributed by atoms with Crippen molar-refractivity contribution in [2.45, 2.75) is 32.4 Å². The molecule has 1 aromatic rings. The average molecular weight is 330 g/mol. The summed E-state index contributed by atoms with van der Waals surface area (Å²) in [6.45, 7) is 7.56. The van der Waals surface area contributed by atoms with Crippen molar-refractivity contribution < 1.29 is 19.1 Å². The minimum atomic E-state index is -0.429. The number of rotatable bonds is 3. The molecule has 2 atom stereocenters. The number of hydrogen-bond donors (Lipinski definition) is 1. The largest absolute Gasteiger partial charge is 0.442 e. The Balaban J connectivity index is 1.77. The molecular weight excluding hydrogens is 310 g/mol. The molecule has 127 valence electrons. The predicted molar refractivity (Wildman–Crippen MR) is 88.7 cm³/mol. The molecule has 2 heterocycles. The lowest BCUT2D eigenvalue weighted by molar-refractivity contribution is -0.119. The van der Waals surface area contributed by atoms with E-state index in [0.717, 1.165) is 23.4 Å². The maximum Gasteiger partial charge on any atom is 0.414 e. The second-order valence-corrected chi connectivity index (χ2v) is 6.18. The number of amides is 3. The molecule has 0 saturated carbocycles. The van der Waals surface area contributed by atoms with Crippen LogP contribution in [0.1, 0.15) is 19.4 Å². The fraction of sp³-hybridized carbons (Fsp3) is 0.412. The summed E-state index contributed by atoms with van der Waals surface area (Å²) < 4.78 is 5.28. The first-order chi connectivity index (χ1) is 11.4. The molecule has 1 aromatic carbocycles. The molecule has 1 N–H and O–H groups in total. The van der Waals surface area contributed by atoms with Crippen LogP contribution in [-0.2, 0) is 20.7 Å². The van der Waals surface area contributed by atoms with Gasteiger partial charge in [-0.3, -0.25) is 14.5 Å². The highest BCUT2D eigenvalue weighted by atomic mass is 16.6. The first-order valence-electron chi connectivity index (χ1n) is 7.87. The Labute approximate surface area is 140 Å². The summed E-state index contributed by atoms with van der Waals surface area (Å²) in [5, 5.41) is 2.65. The Kier molecular flexibility index (Phi) is 4.17. The molecule has 2 aliphatic rings. The molecule has 0 aliphatic carbocycles. The van der Waals surface area contributed by atoms with Gasteiger partial charge in [-0.05, 0) is 37.1 Å². The molecule has 0 spiro atoms. The normalized spacial score (nSPS) is 22.4. The van der Waals surface area contributed by atoms with E-state index in [0.29, 0.717) is 13.1 Å². The van der Waals surface area contributed by atoms with Gasteiger partial charge in [0, 0.05) is 31.3 Å². The average Bonchev–Trinajstić information content (AvgIpc) is 3.03. The third-order valence-corrected chi connectivity index (χ3v) is 4.31. The van der Waals surface area contributed by atoms with Crippen LogP contribution in [0.2, 0.25) is 0 Å². The Morgan fingerprint density at radius 3 is 2.83 bits per heavy atom. The summed E-state index contributed by atoms with van der Waals surface area (Å²) in [7, 11) is 0. The fourth-order valence-corrected chi connectivity index (χ4v) is 3.26. The molecule has 24 heavy (non-hydrogen) atoms. The number of nitrogens with zero attached hydrogens (tertiary/aromatic N) is 2. The van der Waals surface area contributed by atoms with Crippen molar-refractivity contribution in [1.82, 2.24) is 5.32 Å². The van der Waals surface area contributed by atoms with Crippen LogP contribution in [0.25, 0.3) is 0 Å². The molecule has 1 saturated heterocycles. The summed E-state index contributed by atoms with van der Waals surface area (Å²) in [5.74, 6) is -0.390. The molecule has 3 amide bonds. The summed E-state index contributed by atoms with van der Waals surface area (Å²) >= 11 is 0. The molecule has 7 nitrogen and oxygen atoms in total. The minimum Gasteiger partial charge on any atom is -0.442 e. The van der Waals surface area contributed by atoms with Gasteiger partial charge in [0.05, 0.1) is 13.1 Å². The van der Waals surface area contributed by atoms with Gasteiger partial charge in [-0.2, -0.15) is 0 Å². The van der Waals surface area contributed by atoms with Gasteiger partial charge < -0.3 is 15.0 Å². The van der Waals surface area contributed by atoms with Gasteiger partial charge in [0.15, 0.2) is 0 Å². The van der Waals surface area contributed by atoms with E-state index in [2.05, 4.69) is 12.2 Å². The van der Waals surface area contributed by atoms with Crippen LogP contribution in [0.5, 0.6) is 0 Å². The van der Waals surface area contributed by atoms with Crippen LogP contribution >= 0.6 is 0 Å². The SMILES string of the molecule is [CH2]C(=O)N1c2ccc(N3C[C@H](CNC(C)=O)OC3=O)cc2C[C@H]1C. The number of ether oxygens (including phenoxy) is 1. The van der Waals surface area contributed by atoms with Crippen LogP contribution in [-0.4, -0.2) is 43.1 Å². The van der Waals surface area contributed by atoms with E-state index < -0.39 is 6.09 Å².